The first-order valence-electron chi connectivity index (χ1n) is 7.46. The number of nitrogens with two attached hydrogens (primary N) is 1. The summed E-state index contributed by atoms with van der Waals surface area (Å²) in [5.74, 6) is -0.368. The van der Waals surface area contributed by atoms with Crippen molar-refractivity contribution in [3.8, 4) is 0 Å². The van der Waals surface area contributed by atoms with Gasteiger partial charge in [-0.25, -0.2) is 4.98 Å². The Labute approximate surface area is 142 Å². The maximum absolute atomic E-state index is 12.8. The van der Waals surface area contributed by atoms with Crippen LogP contribution in [0.4, 0.5) is 0 Å². The van der Waals surface area contributed by atoms with Crippen LogP contribution in [0.3, 0.4) is 0 Å². The summed E-state index contributed by atoms with van der Waals surface area (Å²) in [6, 6.07) is 12.8. The van der Waals surface area contributed by atoms with Crippen molar-refractivity contribution in [2.45, 2.75) is 18.1 Å². The lowest BCUT2D eigenvalue weighted by Gasteiger charge is -2.12. The van der Waals surface area contributed by atoms with Crippen LogP contribution in [0.1, 0.15) is 5.69 Å². The van der Waals surface area contributed by atoms with E-state index in [1.54, 1.807) is 22.9 Å². The van der Waals surface area contributed by atoms with Crippen molar-refractivity contribution >= 4 is 28.6 Å². The molecule has 2 N–H and O–H groups in total. The molecule has 7 heteroatoms. The summed E-state index contributed by atoms with van der Waals surface area (Å²) in [4.78, 5) is 32.7. The van der Waals surface area contributed by atoms with E-state index in [1.165, 1.54) is 11.8 Å². The number of pyridine rings is 1. The lowest BCUT2D eigenvalue weighted by Crippen LogP contribution is -2.25. The fraction of sp³-hybridized carbons (Fsp3) is 0.176. The van der Waals surface area contributed by atoms with Crippen molar-refractivity contribution < 1.29 is 4.79 Å². The van der Waals surface area contributed by atoms with Gasteiger partial charge >= 0.3 is 0 Å². The number of carbonyl (C=O) groups is 1. The van der Waals surface area contributed by atoms with Crippen LogP contribution in [-0.4, -0.2) is 26.2 Å². The van der Waals surface area contributed by atoms with Gasteiger partial charge in [-0.1, -0.05) is 30.0 Å². The number of rotatable bonds is 6. The molecule has 1 aromatic carbocycles. The van der Waals surface area contributed by atoms with Gasteiger partial charge in [0, 0.05) is 24.9 Å². The Morgan fingerprint density at radius 2 is 1.96 bits per heavy atom. The van der Waals surface area contributed by atoms with Crippen LogP contribution >= 0.6 is 11.8 Å². The number of hydrogen-bond acceptors (Lipinski definition) is 5. The van der Waals surface area contributed by atoms with Crippen LogP contribution in [0.5, 0.6) is 0 Å². The second kappa shape index (κ2) is 7.27. The van der Waals surface area contributed by atoms with E-state index < -0.39 is 5.91 Å². The molecule has 0 fully saturated rings. The summed E-state index contributed by atoms with van der Waals surface area (Å²) in [5, 5.41) is 1.05. The van der Waals surface area contributed by atoms with Gasteiger partial charge in [0.05, 0.1) is 16.7 Å². The summed E-state index contributed by atoms with van der Waals surface area (Å²) >= 11 is 1.18. The van der Waals surface area contributed by atoms with E-state index >= 15 is 0 Å². The molecule has 0 saturated carbocycles. The molecule has 2 heterocycles. The van der Waals surface area contributed by atoms with Gasteiger partial charge in [0.25, 0.3) is 5.56 Å². The molecule has 2 aromatic heterocycles. The van der Waals surface area contributed by atoms with Gasteiger partial charge in [-0.2, -0.15) is 0 Å². The van der Waals surface area contributed by atoms with Crippen molar-refractivity contribution in [3.05, 3.63) is 64.7 Å². The summed E-state index contributed by atoms with van der Waals surface area (Å²) < 4.78 is 1.59. The summed E-state index contributed by atoms with van der Waals surface area (Å²) in [7, 11) is 0. The Hall–Kier alpha value is -2.67. The topological polar surface area (TPSA) is 90.9 Å². The molecule has 3 aromatic rings. The van der Waals surface area contributed by atoms with Crippen LogP contribution in [0.25, 0.3) is 10.9 Å². The van der Waals surface area contributed by atoms with E-state index in [0.29, 0.717) is 29.0 Å². The van der Waals surface area contributed by atoms with E-state index in [-0.39, 0.29) is 11.3 Å². The minimum Gasteiger partial charge on any atom is -0.369 e. The molecule has 0 aliphatic carbocycles. The van der Waals surface area contributed by atoms with Gasteiger partial charge in [-0.05, 0) is 24.3 Å². The van der Waals surface area contributed by atoms with Crippen molar-refractivity contribution in [1.29, 1.82) is 0 Å². The number of primary amides is 1. The molecular weight excluding hydrogens is 324 g/mol. The zero-order valence-corrected chi connectivity index (χ0v) is 13.7. The van der Waals surface area contributed by atoms with Gasteiger partial charge in [0.15, 0.2) is 5.16 Å². The summed E-state index contributed by atoms with van der Waals surface area (Å²) in [5.41, 5.74) is 6.61. The lowest BCUT2D eigenvalue weighted by molar-refractivity contribution is -0.115. The van der Waals surface area contributed by atoms with E-state index in [0.717, 1.165) is 5.69 Å². The largest absolute Gasteiger partial charge is 0.369 e. The van der Waals surface area contributed by atoms with Crippen molar-refractivity contribution in [1.82, 2.24) is 14.5 Å². The molecule has 0 spiro atoms. The maximum Gasteiger partial charge on any atom is 0.262 e. The Balaban J connectivity index is 1.98. The smallest absolute Gasteiger partial charge is 0.262 e. The molecule has 0 radical (unpaired) electrons. The second-order valence-corrected chi connectivity index (χ2v) is 6.14. The number of hydrogen-bond donors (Lipinski definition) is 1. The van der Waals surface area contributed by atoms with Gasteiger partial charge in [0.1, 0.15) is 0 Å². The number of benzene rings is 1. The van der Waals surface area contributed by atoms with Crippen LogP contribution in [-0.2, 0) is 17.8 Å². The number of amides is 1. The first kappa shape index (κ1) is 16.2. The van der Waals surface area contributed by atoms with Gasteiger partial charge in [-0.3, -0.25) is 19.1 Å². The standard InChI is InChI=1S/C17H16N4O2S/c18-15(22)11-24-17-20-14-7-2-1-6-13(14)16(23)21(17)10-8-12-5-3-4-9-19-12/h1-7,9H,8,10-11H2,(H2,18,22). The molecule has 0 atom stereocenters. The first-order valence-corrected chi connectivity index (χ1v) is 8.44. The highest BCUT2D eigenvalue weighted by molar-refractivity contribution is 7.99. The Morgan fingerprint density at radius 1 is 1.17 bits per heavy atom. The molecule has 0 aliphatic heterocycles. The highest BCUT2D eigenvalue weighted by Gasteiger charge is 2.12. The molecule has 24 heavy (non-hydrogen) atoms. The molecular formula is C17H16N4O2S. The number of aryl methyl sites for hydroxylation is 1. The molecule has 0 bridgehead atoms. The SMILES string of the molecule is NC(=O)CSc1nc2ccccc2c(=O)n1CCc1ccccn1. The van der Waals surface area contributed by atoms with Gasteiger partial charge in [0.2, 0.25) is 5.91 Å². The van der Waals surface area contributed by atoms with Crippen molar-refractivity contribution in [2.24, 2.45) is 5.73 Å². The first-order chi connectivity index (χ1) is 11.6. The Kier molecular flexibility index (Phi) is 4.90. The fourth-order valence-electron chi connectivity index (χ4n) is 2.36. The van der Waals surface area contributed by atoms with E-state index in [9.17, 15) is 9.59 Å². The van der Waals surface area contributed by atoms with Crippen LogP contribution in [0.2, 0.25) is 0 Å². The predicted molar refractivity (Wildman–Crippen MR) is 93.9 cm³/mol. The molecule has 122 valence electrons. The zero-order valence-electron chi connectivity index (χ0n) is 12.9. The second-order valence-electron chi connectivity index (χ2n) is 5.19. The summed E-state index contributed by atoms with van der Waals surface area (Å²) in [6.07, 6.45) is 2.32. The number of thioether (sulfide) groups is 1. The van der Waals surface area contributed by atoms with Gasteiger partial charge in [-0.15, -0.1) is 0 Å². The number of fused-ring (bicyclic) bond motifs is 1. The highest BCUT2D eigenvalue weighted by Crippen LogP contribution is 2.17. The summed E-state index contributed by atoms with van der Waals surface area (Å²) in [6.45, 7) is 0.439. The molecule has 0 unspecified atom stereocenters. The molecule has 6 nitrogen and oxygen atoms in total. The van der Waals surface area contributed by atoms with E-state index in [4.69, 9.17) is 5.73 Å². The number of para-hydroxylation sites is 1. The lowest BCUT2D eigenvalue weighted by atomic mass is 10.2. The molecule has 3 rings (SSSR count). The van der Waals surface area contributed by atoms with Gasteiger partial charge < -0.3 is 5.73 Å². The fourth-order valence-corrected chi connectivity index (χ4v) is 3.13. The molecule has 0 saturated heterocycles. The third-order valence-electron chi connectivity index (χ3n) is 3.49. The third kappa shape index (κ3) is 3.62. The number of nitrogens with zero attached hydrogens (tertiary/aromatic N) is 3. The van der Waals surface area contributed by atoms with Crippen LogP contribution in [0.15, 0.2) is 58.6 Å². The quantitative estimate of drug-likeness (QED) is 0.544. The number of aromatic nitrogens is 3. The van der Waals surface area contributed by atoms with Crippen molar-refractivity contribution in [2.75, 3.05) is 5.75 Å². The monoisotopic (exact) mass is 340 g/mol. The minimum absolute atomic E-state index is 0.0777. The predicted octanol–water partition coefficient (Wildman–Crippen LogP) is 1.61. The van der Waals surface area contributed by atoms with Crippen LogP contribution in [0, 0.1) is 0 Å². The van der Waals surface area contributed by atoms with Crippen molar-refractivity contribution in [3.63, 3.8) is 0 Å². The average molecular weight is 340 g/mol. The Bertz CT molecular complexity index is 925. The Morgan fingerprint density at radius 3 is 2.71 bits per heavy atom. The van der Waals surface area contributed by atoms with E-state index in [2.05, 4.69) is 9.97 Å². The zero-order chi connectivity index (χ0) is 16.9. The molecule has 1 amide bonds. The van der Waals surface area contributed by atoms with Crippen LogP contribution < -0.4 is 11.3 Å². The minimum atomic E-state index is -0.446. The molecule has 0 aliphatic rings. The normalized spacial score (nSPS) is 10.8. The maximum atomic E-state index is 12.8. The third-order valence-corrected chi connectivity index (χ3v) is 4.49. The van der Waals surface area contributed by atoms with E-state index in [1.807, 2.05) is 30.3 Å². The number of carbonyl (C=O) groups excluding carboxylic acids is 1. The average Bonchev–Trinajstić information content (AvgIpc) is 2.60. The highest BCUT2D eigenvalue weighted by atomic mass is 32.2.